The van der Waals surface area contributed by atoms with Crippen molar-refractivity contribution in [2.45, 2.75) is 6.54 Å². The van der Waals surface area contributed by atoms with E-state index in [0.29, 0.717) is 6.54 Å². The van der Waals surface area contributed by atoms with E-state index in [0.717, 1.165) is 11.3 Å². The van der Waals surface area contributed by atoms with E-state index in [4.69, 9.17) is 5.73 Å². The van der Waals surface area contributed by atoms with Crippen molar-refractivity contribution in [3.8, 4) is 0 Å². The highest BCUT2D eigenvalue weighted by atomic mass is 19.1. The van der Waals surface area contributed by atoms with Crippen LogP contribution in [-0.4, -0.2) is 5.91 Å². The Morgan fingerprint density at radius 2 is 1.54 bits per heavy atom. The van der Waals surface area contributed by atoms with Crippen molar-refractivity contribution in [2.24, 2.45) is 0 Å². The van der Waals surface area contributed by atoms with Crippen molar-refractivity contribution < 1.29 is 9.18 Å². The van der Waals surface area contributed by atoms with Gasteiger partial charge in [0.1, 0.15) is 5.82 Å². The SMILES string of the molecule is Nc1ccc(C(=O)N(Cc2ccccc2)c2ccccc2)cc1F. The number of benzene rings is 3. The monoisotopic (exact) mass is 320 g/mol. The third-order valence-corrected chi connectivity index (χ3v) is 3.74. The van der Waals surface area contributed by atoms with Crippen molar-refractivity contribution >= 4 is 17.3 Å². The minimum absolute atomic E-state index is 0.0286. The quantitative estimate of drug-likeness (QED) is 0.730. The highest BCUT2D eigenvalue weighted by Crippen LogP contribution is 2.21. The summed E-state index contributed by atoms with van der Waals surface area (Å²) >= 11 is 0. The zero-order valence-electron chi connectivity index (χ0n) is 13.0. The molecule has 0 aromatic heterocycles. The molecule has 3 nitrogen and oxygen atoms in total. The summed E-state index contributed by atoms with van der Waals surface area (Å²) in [6, 6.07) is 23.1. The summed E-state index contributed by atoms with van der Waals surface area (Å²) in [4.78, 5) is 14.6. The van der Waals surface area contributed by atoms with Gasteiger partial charge in [-0.2, -0.15) is 0 Å². The molecule has 0 unspecified atom stereocenters. The van der Waals surface area contributed by atoms with Gasteiger partial charge in [0.05, 0.1) is 12.2 Å². The zero-order valence-corrected chi connectivity index (χ0v) is 13.0. The molecular weight excluding hydrogens is 303 g/mol. The molecule has 0 heterocycles. The molecule has 0 saturated heterocycles. The van der Waals surface area contributed by atoms with Gasteiger partial charge >= 0.3 is 0 Å². The predicted octanol–water partition coefficient (Wildman–Crippen LogP) is 4.25. The lowest BCUT2D eigenvalue weighted by molar-refractivity contribution is 0.0984. The Hall–Kier alpha value is -3.14. The maximum atomic E-state index is 13.7. The average Bonchev–Trinajstić information content (AvgIpc) is 2.63. The Morgan fingerprint density at radius 3 is 2.17 bits per heavy atom. The minimum atomic E-state index is -0.589. The second kappa shape index (κ2) is 6.96. The number of rotatable bonds is 4. The van der Waals surface area contributed by atoms with Crippen LogP contribution < -0.4 is 10.6 Å². The maximum Gasteiger partial charge on any atom is 0.258 e. The van der Waals surface area contributed by atoms with Gasteiger partial charge in [0.2, 0.25) is 0 Å². The smallest absolute Gasteiger partial charge is 0.258 e. The first-order valence-corrected chi connectivity index (χ1v) is 7.61. The van der Waals surface area contributed by atoms with E-state index in [1.807, 2.05) is 60.7 Å². The summed E-state index contributed by atoms with van der Waals surface area (Å²) in [6.07, 6.45) is 0. The normalized spacial score (nSPS) is 10.4. The van der Waals surface area contributed by atoms with E-state index < -0.39 is 5.82 Å². The van der Waals surface area contributed by atoms with Crippen LogP contribution in [0, 0.1) is 5.82 Å². The number of para-hydroxylation sites is 1. The molecule has 4 heteroatoms. The summed E-state index contributed by atoms with van der Waals surface area (Å²) in [7, 11) is 0. The van der Waals surface area contributed by atoms with Gasteiger partial charge in [-0.3, -0.25) is 4.79 Å². The van der Waals surface area contributed by atoms with Crippen molar-refractivity contribution in [2.75, 3.05) is 10.6 Å². The molecule has 0 aliphatic rings. The summed E-state index contributed by atoms with van der Waals surface area (Å²) in [6.45, 7) is 0.398. The summed E-state index contributed by atoms with van der Waals surface area (Å²) in [5, 5.41) is 0. The standard InChI is InChI=1S/C20H17FN2O/c21-18-13-16(11-12-19(18)22)20(24)23(17-9-5-2-6-10-17)14-15-7-3-1-4-8-15/h1-13H,14,22H2. The second-order valence-electron chi connectivity index (χ2n) is 5.45. The van der Waals surface area contributed by atoms with Crippen LogP contribution in [0.4, 0.5) is 15.8 Å². The second-order valence-corrected chi connectivity index (χ2v) is 5.45. The molecule has 0 radical (unpaired) electrons. The summed E-state index contributed by atoms with van der Waals surface area (Å²) < 4.78 is 13.7. The first-order chi connectivity index (χ1) is 11.6. The van der Waals surface area contributed by atoms with Crippen LogP contribution in [0.1, 0.15) is 15.9 Å². The fraction of sp³-hybridized carbons (Fsp3) is 0.0500. The van der Waals surface area contributed by atoms with Crippen molar-refractivity contribution in [1.82, 2.24) is 0 Å². The fourth-order valence-electron chi connectivity index (χ4n) is 2.47. The number of hydrogen-bond donors (Lipinski definition) is 1. The maximum absolute atomic E-state index is 13.7. The number of anilines is 2. The van der Waals surface area contributed by atoms with E-state index >= 15 is 0 Å². The Labute approximate surface area is 140 Å². The van der Waals surface area contributed by atoms with Gasteiger partial charge in [-0.05, 0) is 35.9 Å². The molecule has 3 aromatic rings. The van der Waals surface area contributed by atoms with Gasteiger partial charge < -0.3 is 10.6 Å². The molecule has 0 bridgehead atoms. The van der Waals surface area contributed by atoms with E-state index in [9.17, 15) is 9.18 Å². The molecule has 0 aliphatic heterocycles. The van der Waals surface area contributed by atoms with Crippen LogP contribution in [0.25, 0.3) is 0 Å². The molecule has 24 heavy (non-hydrogen) atoms. The van der Waals surface area contributed by atoms with Crippen LogP contribution in [0.3, 0.4) is 0 Å². The van der Waals surface area contributed by atoms with Crippen LogP contribution in [0.2, 0.25) is 0 Å². The van der Waals surface area contributed by atoms with E-state index in [2.05, 4.69) is 0 Å². The third-order valence-electron chi connectivity index (χ3n) is 3.74. The summed E-state index contributed by atoms with van der Waals surface area (Å²) in [5.41, 5.74) is 7.54. The lowest BCUT2D eigenvalue weighted by Gasteiger charge is -2.23. The lowest BCUT2D eigenvalue weighted by atomic mass is 10.1. The van der Waals surface area contributed by atoms with E-state index in [1.54, 1.807) is 11.0 Å². The number of hydrogen-bond acceptors (Lipinski definition) is 2. The molecule has 2 N–H and O–H groups in total. The van der Waals surface area contributed by atoms with Crippen molar-refractivity contribution in [3.05, 3.63) is 95.8 Å². The lowest BCUT2D eigenvalue weighted by Crippen LogP contribution is -2.30. The number of halogens is 1. The topological polar surface area (TPSA) is 46.3 Å². The molecular formula is C20H17FN2O. The Morgan fingerprint density at radius 1 is 0.917 bits per heavy atom. The zero-order chi connectivity index (χ0) is 16.9. The highest BCUT2D eigenvalue weighted by molar-refractivity contribution is 6.06. The summed E-state index contributed by atoms with van der Waals surface area (Å²) in [5.74, 6) is -0.863. The number of carbonyl (C=O) groups excluding carboxylic acids is 1. The van der Waals surface area contributed by atoms with Crippen LogP contribution in [0.15, 0.2) is 78.9 Å². The molecule has 3 aromatic carbocycles. The van der Waals surface area contributed by atoms with Crippen LogP contribution in [-0.2, 0) is 6.54 Å². The van der Waals surface area contributed by atoms with Crippen LogP contribution >= 0.6 is 0 Å². The number of nitrogen functional groups attached to an aromatic ring is 1. The van der Waals surface area contributed by atoms with Gasteiger partial charge in [0.15, 0.2) is 0 Å². The molecule has 120 valence electrons. The number of amides is 1. The minimum Gasteiger partial charge on any atom is -0.396 e. The van der Waals surface area contributed by atoms with E-state index in [1.165, 1.54) is 12.1 Å². The van der Waals surface area contributed by atoms with Gasteiger partial charge in [-0.15, -0.1) is 0 Å². The van der Waals surface area contributed by atoms with E-state index in [-0.39, 0.29) is 17.2 Å². The average molecular weight is 320 g/mol. The first-order valence-electron chi connectivity index (χ1n) is 7.61. The van der Waals surface area contributed by atoms with Gasteiger partial charge in [0.25, 0.3) is 5.91 Å². The van der Waals surface area contributed by atoms with Crippen molar-refractivity contribution in [1.29, 1.82) is 0 Å². The first kappa shape index (κ1) is 15.7. The Balaban J connectivity index is 1.97. The Kier molecular flexibility index (Phi) is 4.57. The fourth-order valence-corrected chi connectivity index (χ4v) is 2.47. The molecule has 0 spiro atoms. The Bertz CT molecular complexity index is 835. The molecule has 0 saturated carbocycles. The predicted molar refractivity (Wildman–Crippen MR) is 94.2 cm³/mol. The van der Waals surface area contributed by atoms with Crippen LogP contribution in [0.5, 0.6) is 0 Å². The third kappa shape index (κ3) is 3.43. The van der Waals surface area contributed by atoms with Gasteiger partial charge in [0, 0.05) is 11.3 Å². The number of nitrogens with two attached hydrogens (primary N) is 1. The largest absolute Gasteiger partial charge is 0.396 e. The van der Waals surface area contributed by atoms with Crippen molar-refractivity contribution in [3.63, 3.8) is 0 Å². The number of carbonyl (C=O) groups is 1. The molecule has 3 rings (SSSR count). The molecule has 0 aliphatic carbocycles. The van der Waals surface area contributed by atoms with Gasteiger partial charge in [-0.1, -0.05) is 48.5 Å². The molecule has 1 amide bonds. The highest BCUT2D eigenvalue weighted by Gasteiger charge is 2.19. The number of nitrogens with zero attached hydrogens (tertiary/aromatic N) is 1. The van der Waals surface area contributed by atoms with Gasteiger partial charge in [-0.25, -0.2) is 4.39 Å². The molecule has 0 fully saturated rings. The molecule has 0 atom stereocenters.